The summed E-state index contributed by atoms with van der Waals surface area (Å²) in [5.41, 5.74) is 0.945. The lowest BCUT2D eigenvalue weighted by atomic mass is 10.1. The Morgan fingerprint density at radius 1 is 1.56 bits per heavy atom. The fraction of sp³-hybridized carbons (Fsp3) is 0.600. The summed E-state index contributed by atoms with van der Waals surface area (Å²) in [5.74, 6) is 0. The van der Waals surface area contributed by atoms with E-state index in [9.17, 15) is 0 Å². The minimum absolute atomic E-state index is 0. The third-order valence-electron chi connectivity index (χ3n) is 2.55. The second kappa shape index (κ2) is 7.01. The lowest BCUT2D eigenvalue weighted by Gasteiger charge is -2.23. The van der Waals surface area contributed by atoms with E-state index < -0.39 is 0 Å². The first-order valence-electron chi connectivity index (χ1n) is 5.26. The maximum absolute atomic E-state index is 5.70. The van der Waals surface area contributed by atoms with Crippen molar-refractivity contribution in [2.24, 2.45) is 0 Å². The second-order valence-corrected chi connectivity index (χ2v) is 4.08. The van der Waals surface area contributed by atoms with Crippen LogP contribution in [0.5, 0.6) is 0 Å². The zero-order valence-corrected chi connectivity index (χ0v) is 10.5. The van der Waals surface area contributed by atoms with Crippen molar-refractivity contribution in [3.05, 3.63) is 23.2 Å². The van der Waals surface area contributed by atoms with E-state index in [2.05, 4.69) is 20.6 Å². The van der Waals surface area contributed by atoms with E-state index in [0.29, 0.717) is 11.3 Å². The van der Waals surface area contributed by atoms with Crippen LogP contribution in [0.25, 0.3) is 0 Å². The highest BCUT2D eigenvalue weighted by Crippen LogP contribution is 2.04. The van der Waals surface area contributed by atoms with Crippen molar-refractivity contribution in [2.45, 2.75) is 25.4 Å². The number of hydrogen-bond donors (Lipinski definition) is 2. The molecule has 90 valence electrons. The molecule has 0 radical (unpaired) electrons. The van der Waals surface area contributed by atoms with Crippen LogP contribution >= 0.6 is 24.0 Å². The monoisotopic (exact) mass is 262 g/mol. The topological polar surface area (TPSA) is 49.8 Å². The predicted molar refractivity (Wildman–Crippen MR) is 67.0 cm³/mol. The van der Waals surface area contributed by atoms with E-state index in [-0.39, 0.29) is 12.4 Å². The van der Waals surface area contributed by atoms with Crippen molar-refractivity contribution in [2.75, 3.05) is 13.1 Å². The fourth-order valence-electron chi connectivity index (χ4n) is 1.74. The van der Waals surface area contributed by atoms with Crippen LogP contribution in [0, 0.1) is 0 Å². The van der Waals surface area contributed by atoms with Crippen molar-refractivity contribution in [1.29, 1.82) is 0 Å². The van der Waals surface area contributed by atoms with E-state index in [4.69, 9.17) is 11.6 Å². The first kappa shape index (κ1) is 13.6. The van der Waals surface area contributed by atoms with E-state index in [1.807, 2.05) is 6.07 Å². The van der Waals surface area contributed by atoms with Crippen LogP contribution in [0.3, 0.4) is 0 Å². The summed E-state index contributed by atoms with van der Waals surface area (Å²) >= 11 is 5.70. The Balaban J connectivity index is 0.00000128. The summed E-state index contributed by atoms with van der Waals surface area (Å²) < 4.78 is 0. The van der Waals surface area contributed by atoms with Gasteiger partial charge >= 0.3 is 0 Å². The zero-order valence-electron chi connectivity index (χ0n) is 8.95. The van der Waals surface area contributed by atoms with Crippen LogP contribution in [0.4, 0.5) is 0 Å². The fourth-order valence-corrected chi connectivity index (χ4v) is 1.91. The zero-order chi connectivity index (χ0) is 10.5. The molecule has 0 unspecified atom stereocenters. The summed E-state index contributed by atoms with van der Waals surface area (Å²) in [7, 11) is 0. The van der Waals surface area contributed by atoms with E-state index in [1.165, 1.54) is 12.8 Å². The molecule has 1 aliphatic rings. The summed E-state index contributed by atoms with van der Waals surface area (Å²) in [5, 5.41) is 7.13. The lowest BCUT2D eigenvalue weighted by Crippen LogP contribution is -2.42. The first-order valence-corrected chi connectivity index (χ1v) is 5.64. The van der Waals surface area contributed by atoms with Crippen molar-refractivity contribution >= 4 is 24.0 Å². The van der Waals surface area contributed by atoms with Gasteiger partial charge in [-0.25, -0.2) is 9.97 Å². The first-order chi connectivity index (χ1) is 7.34. The highest BCUT2D eigenvalue weighted by Gasteiger charge is 2.11. The van der Waals surface area contributed by atoms with E-state index in [0.717, 1.165) is 25.3 Å². The van der Waals surface area contributed by atoms with Gasteiger partial charge in [-0.3, -0.25) is 0 Å². The van der Waals surface area contributed by atoms with Gasteiger partial charge in [0.2, 0.25) is 5.28 Å². The van der Waals surface area contributed by atoms with Gasteiger partial charge in [0.25, 0.3) is 0 Å². The molecule has 1 aliphatic heterocycles. The largest absolute Gasteiger partial charge is 0.315 e. The van der Waals surface area contributed by atoms with Gasteiger partial charge in [0.05, 0.1) is 5.69 Å². The van der Waals surface area contributed by atoms with Crippen LogP contribution < -0.4 is 10.6 Å². The predicted octanol–water partition coefficient (Wildman–Crippen LogP) is 1.39. The van der Waals surface area contributed by atoms with Crippen molar-refractivity contribution < 1.29 is 0 Å². The number of rotatable bonds is 3. The van der Waals surface area contributed by atoms with Crippen LogP contribution in [0.2, 0.25) is 5.28 Å². The Kier molecular flexibility index (Phi) is 5.98. The van der Waals surface area contributed by atoms with Crippen molar-refractivity contribution in [3.63, 3.8) is 0 Å². The van der Waals surface area contributed by atoms with Gasteiger partial charge in [0, 0.05) is 25.3 Å². The molecule has 0 saturated carbocycles. The van der Waals surface area contributed by atoms with E-state index in [1.54, 1.807) is 6.20 Å². The Morgan fingerprint density at radius 2 is 2.44 bits per heavy atom. The number of aromatic nitrogens is 2. The molecule has 2 rings (SSSR count). The molecule has 0 amide bonds. The van der Waals surface area contributed by atoms with Gasteiger partial charge < -0.3 is 10.6 Å². The molecule has 1 fully saturated rings. The summed E-state index contributed by atoms with van der Waals surface area (Å²) in [4.78, 5) is 7.98. The molecule has 0 spiro atoms. The molecule has 2 N–H and O–H groups in total. The van der Waals surface area contributed by atoms with Crippen LogP contribution in [0.15, 0.2) is 12.3 Å². The number of halogens is 2. The van der Waals surface area contributed by atoms with Gasteiger partial charge in [-0.1, -0.05) is 0 Å². The molecular weight excluding hydrogens is 247 g/mol. The molecule has 16 heavy (non-hydrogen) atoms. The maximum Gasteiger partial charge on any atom is 0.222 e. The molecule has 0 aliphatic carbocycles. The molecule has 6 heteroatoms. The van der Waals surface area contributed by atoms with Gasteiger partial charge in [0.15, 0.2) is 0 Å². The quantitative estimate of drug-likeness (QED) is 0.809. The van der Waals surface area contributed by atoms with Gasteiger partial charge in [-0.15, -0.1) is 12.4 Å². The van der Waals surface area contributed by atoms with Crippen LogP contribution in [0.1, 0.15) is 18.5 Å². The third-order valence-corrected chi connectivity index (χ3v) is 2.73. The highest BCUT2D eigenvalue weighted by atomic mass is 35.5. The standard InChI is InChI=1S/C10H15ClN4.ClH/c11-10-13-5-3-9(15-10)7-14-8-2-1-4-12-6-8;/h3,5,8,12,14H,1-2,4,6-7H2;1H/t8-;/m1./s1. The summed E-state index contributed by atoms with van der Waals surface area (Å²) in [6, 6.07) is 2.43. The molecular formula is C10H16Cl2N4. The van der Waals surface area contributed by atoms with Crippen LogP contribution in [-0.4, -0.2) is 29.1 Å². The SMILES string of the molecule is Cl.Clc1nccc(CN[C@@H]2CCCNC2)n1. The van der Waals surface area contributed by atoms with E-state index >= 15 is 0 Å². The molecule has 0 bridgehead atoms. The van der Waals surface area contributed by atoms with Crippen LogP contribution in [-0.2, 0) is 6.54 Å². The normalized spacial score (nSPS) is 20.2. The molecule has 1 aromatic rings. The summed E-state index contributed by atoms with van der Waals surface area (Å²) in [6.45, 7) is 2.94. The number of nitrogens with one attached hydrogen (secondary N) is 2. The average molecular weight is 263 g/mol. The smallest absolute Gasteiger partial charge is 0.222 e. The van der Waals surface area contributed by atoms with Crippen molar-refractivity contribution in [3.8, 4) is 0 Å². The number of hydrogen-bond acceptors (Lipinski definition) is 4. The van der Waals surface area contributed by atoms with Gasteiger partial charge in [-0.2, -0.15) is 0 Å². The maximum atomic E-state index is 5.70. The second-order valence-electron chi connectivity index (χ2n) is 3.74. The molecule has 1 aromatic heterocycles. The highest BCUT2D eigenvalue weighted by molar-refractivity contribution is 6.28. The van der Waals surface area contributed by atoms with Crippen molar-refractivity contribution in [1.82, 2.24) is 20.6 Å². The Morgan fingerprint density at radius 3 is 3.12 bits per heavy atom. The molecule has 0 aromatic carbocycles. The molecule has 1 atom stereocenters. The summed E-state index contributed by atoms with van der Waals surface area (Å²) in [6.07, 6.45) is 4.15. The number of nitrogens with zero attached hydrogens (tertiary/aromatic N) is 2. The van der Waals surface area contributed by atoms with Gasteiger partial charge in [0.1, 0.15) is 0 Å². The Labute approximate surface area is 107 Å². The molecule has 1 saturated heterocycles. The average Bonchev–Trinajstić information content (AvgIpc) is 2.28. The lowest BCUT2D eigenvalue weighted by molar-refractivity contribution is 0.387. The minimum Gasteiger partial charge on any atom is -0.315 e. The minimum atomic E-state index is 0. The molecule has 4 nitrogen and oxygen atoms in total. The Hall–Kier alpha value is -0.420. The Bertz CT molecular complexity index is 315. The van der Waals surface area contributed by atoms with Gasteiger partial charge in [-0.05, 0) is 37.1 Å². The third kappa shape index (κ3) is 4.22. The molecule has 2 heterocycles. The number of piperidine rings is 1.